The van der Waals surface area contributed by atoms with Crippen LogP contribution in [0.3, 0.4) is 0 Å². The predicted molar refractivity (Wildman–Crippen MR) is 72.6 cm³/mol. The summed E-state index contributed by atoms with van der Waals surface area (Å²) < 4.78 is 9.83. The van der Waals surface area contributed by atoms with Crippen LogP contribution in [0, 0.1) is 10.1 Å². The molecule has 7 heteroatoms. The number of esters is 1. The maximum Gasteiger partial charge on any atom is 0.314 e. The van der Waals surface area contributed by atoms with Crippen LogP contribution in [-0.4, -0.2) is 24.6 Å². The zero-order chi connectivity index (χ0) is 14.4. The number of carbonyl (C=O) groups excluding carboxylic acids is 1. The van der Waals surface area contributed by atoms with E-state index in [1.165, 1.54) is 7.11 Å². The monoisotopic (exact) mass is 331 g/mol. The van der Waals surface area contributed by atoms with Gasteiger partial charge in [-0.15, -0.1) is 0 Å². The van der Waals surface area contributed by atoms with Crippen molar-refractivity contribution < 1.29 is 19.2 Å². The first-order valence-electron chi connectivity index (χ1n) is 5.59. The Morgan fingerprint density at radius 2 is 2.16 bits per heavy atom. The molecule has 1 aromatic carbocycles. The van der Waals surface area contributed by atoms with Gasteiger partial charge in [0.25, 0.3) is 0 Å². The van der Waals surface area contributed by atoms with E-state index in [0.29, 0.717) is 5.33 Å². The van der Waals surface area contributed by atoms with Gasteiger partial charge in [-0.2, -0.15) is 0 Å². The van der Waals surface area contributed by atoms with Crippen LogP contribution in [-0.2, 0) is 21.3 Å². The lowest BCUT2D eigenvalue weighted by molar-refractivity contribution is -0.386. The molecule has 0 radical (unpaired) electrons. The van der Waals surface area contributed by atoms with E-state index in [1.54, 1.807) is 19.1 Å². The highest BCUT2D eigenvalue weighted by Gasteiger charge is 2.24. The second-order valence-electron chi connectivity index (χ2n) is 3.68. The number of carbonyl (C=O) groups is 1. The fourth-order valence-electron chi connectivity index (χ4n) is 1.67. The first-order chi connectivity index (χ1) is 9.03. The summed E-state index contributed by atoms with van der Waals surface area (Å²) in [6.07, 6.45) is -0.151. The smallest absolute Gasteiger partial charge is 0.314 e. The minimum Gasteiger partial charge on any atom is -0.490 e. The van der Waals surface area contributed by atoms with E-state index in [1.807, 2.05) is 0 Å². The Labute approximate surface area is 119 Å². The Morgan fingerprint density at radius 3 is 2.63 bits per heavy atom. The molecule has 0 aromatic heterocycles. The normalized spacial score (nSPS) is 10.1. The zero-order valence-corrected chi connectivity index (χ0v) is 12.2. The molecule has 19 heavy (non-hydrogen) atoms. The summed E-state index contributed by atoms with van der Waals surface area (Å²) in [7, 11) is 1.36. The number of benzene rings is 1. The Kier molecular flexibility index (Phi) is 5.75. The van der Waals surface area contributed by atoms with Crippen LogP contribution < -0.4 is 4.74 Å². The van der Waals surface area contributed by atoms with Gasteiger partial charge in [-0.1, -0.05) is 15.9 Å². The van der Waals surface area contributed by atoms with Crippen LogP contribution in [0.25, 0.3) is 0 Å². The van der Waals surface area contributed by atoms with Gasteiger partial charge in [-0.05, 0) is 24.6 Å². The molecule has 1 aromatic rings. The lowest BCUT2D eigenvalue weighted by Crippen LogP contribution is -2.10. The molecular formula is C12H14BrNO5. The number of alkyl halides is 1. The van der Waals surface area contributed by atoms with Crippen molar-refractivity contribution >= 4 is 27.6 Å². The molecule has 0 amide bonds. The Morgan fingerprint density at radius 1 is 1.47 bits per heavy atom. The summed E-state index contributed by atoms with van der Waals surface area (Å²) in [6.45, 7) is 1.92. The molecule has 0 saturated heterocycles. The second-order valence-corrected chi connectivity index (χ2v) is 4.24. The molecule has 0 aliphatic carbocycles. The highest BCUT2D eigenvalue weighted by Crippen LogP contribution is 2.33. The van der Waals surface area contributed by atoms with E-state index in [4.69, 9.17) is 9.47 Å². The molecule has 6 nitrogen and oxygen atoms in total. The summed E-state index contributed by atoms with van der Waals surface area (Å²) in [5, 5.41) is 11.6. The second kappa shape index (κ2) is 7.08. The van der Waals surface area contributed by atoms with E-state index in [2.05, 4.69) is 15.9 Å². The maximum atomic E-state index is 11.5. The van der Waals surface area contributed by atoms with Crippen molar-refractivity contribution in [3.05, 3.63) is 33.4 Å². The molecule has 1 rings (SSSR count). The van der Waals surface area contributed by atoms with Gasteiger partial charge < -0.3 is 9.47 Å². The molecule has 0 atom stereocenters. The number of halogens is 1. The standard InChI is InChI=1S/C12H14BrNO5/c1-3-19-11(15)6-9-4-8(7-13)5-10(18-2)12(9)14(16)17/h4-5H,3,6-7H2,1-2H3. The third-order valence-electron chi connectivity index (χ3n) is 2.41. The average molecular weight is 332 g/mol. The van der Waals surface area contributed by atoms with Gasteiger partial charge in [0.2, 0.25) is 0 Å². The minimum atomic E-state index is -0.550. The van der Waals surface area contributed by atoms with Crippen LogP contribution in [0.15, 0.2) is 12.1 Å². The zero-order valence-electron chi connectivity index (χ0n) is 10.6. The molecule has 0 fully saturated rings. The molecule has 0 aliphatic heterocycles. The van der Waals surface area contributed by atoms with Crippen molar-refractivity contribution in [2.75, 3.05) is 13.7 Å². The Bertz CT molecular complexity index is 489. The quantitative estimate of drug-likeness (QED) is 0.346. The van der Waals surface area contributed by atoms with Gasteiger partial charge in [0.1, 0.15) is 0 Å². The van der Waals surface area contributed by atoms with Gasteiger partial charge in [0.05, 0.1) is 25.1 Å². The summed E-state index contributed by atoms with van der Waals surface area (Å²) in [5.41, 5.74) is 0.888. The van der Waals surface area contributed by atoms with Crippen LogP contribution in [0.1, 0.15) is 18.1 Å². The maximum absolute atomic E-state index is 11.5. The van der Waals surface area contributed by atoms with Gasteiger partial charge in [-0.25, -0.2) is 0 Å². The third-order valence-corrected chi connectivity index (χ3v) is 3.06. The van der Waals surface area contributed by atoms with Crippen molar-refractivity contribution in [3.63, 3.8) is 0 Å². The molecule has 0 heterocycles. The lowest BCUT2D eigenvalue weighted by Gasteiger charge is -2.09. The first-order valence-corrected chi connectivity index (χ1v) is 6.71. The van der Waals surface area contributed by atoms with Crippen molar-refractivity contribution in [1.82, 2.24) is 0 Å². The summed E-state index contributed by atoms with van der Waals surface area (Å²) in [6, 6.07) is 3.17. The van der Waals surface area contributed by atoms with E-state index < -0.39 is 10.9 Å². The molecule has 0 bridgehead atoms. The molecule has 0 saturated carbocycles. The van der Waals surface area contributed by atoms with Gasteiger partial charge in [0.15, 0.2) is 5.75 Å². The number of nitrogens with zero attached hydrogens (tertiary/aromatic N) is 1. The first kappa shape index (κ1) is 15.4. The Balaban J connectivity index is 3.25. The van der Waals surface area contributed by atoms with Crippen molar-refractivity contribution in [2.45, 2.75) is 18.7 Å². The molecule has 0 spiro atoms. The highest BCUT2D eigenvalue weighted by molar-refractivity contribution is 9.08. The molecule has 104 valence electrons. The van der Waals surface area contributed by atoms with Crippen molar-refractivity contribution in [2.24, 2.45) is 0 Å². The van der Waals surface area contributed by atoms with Crippen LogP contribution in [0.2, 0.25) is 0 Å². The van der Waals surface area contributed by atoms with Gasteiger partial charge >= 0.3 is 11.7 Å². The Hall–Kier alpha value is -1.63. The number of rotatable bonds is 6. The van der Waals surface area contributed by atoms with E-state index in [-0.39, 0.29) is 30.0 Å². The highest BCUT2D eigenvalue weighted by atomic mass is 79.9. The van der Waals surface area contributed by atoms with Gasteiger partial charge in [-0.3, -0.25) is 14.9 Å². The summed E-state index contributed by atoms with van der Waals surface area (Å²) in [5.74, 6) is -0.361. The minimum absolute atomic E-state index is 0.140. The van der Waals surface area contributed by atoms with Crippen molar-refractivity contribution in [3.8, 4) is 5.75 Å². The fourth-order valence-corrected chi connectivity index (χ4v) is 1.99. The number of ether oxygens (including phenoxy) is 2. The van der Waals surface area contributed by atoms with E-state index >= 15 is 0 Å². The number of hydrogen-bond donors (Lipinski definition) is 0. The molecular weight excluding hydrogens is 318 g/mol. The van der Waals surface area contributed by atoms with Crippen molar-refractivity contribution in [1.29, 1.82) is 0 Å². The number of nitro groups is 1. The fraction of sp³-hybridized carbons (Fsp3) is 0.417. The molecule has 0 N–H and O–H groups in total. The topological polar surface area (TPSA) is 78.7 Å². The van der Waals surface area contributed by atoms with Gasteiger partial charge in [0, 0.05) is 10.9 Å². The summed E-state index contributed by atoms with van der Waals surface area (Å²) >= 11 is 3.27. The number of methoxy groups -OCH3 is 1. The third kappa shape index (κ3) is 3.92. The molecule has 0 unspecified atom stereocenters. The predicted octanol–water partition coefficient (Wildman–Crippen LogP) is 2.60. The van der Waals surface area contributed by atoms with E-state index in [0.717, 1.165) is 5.56 Å². The lowest BCUT2D eigenvalue weighted by atomic mass is 10.1. The summed E-state index contributed by atoms with van der Waals surface area (Å²) in [4.78, 5) is 22.0. The van der Waals surface area contributed by atoms with Crippen LogP contribution in [0.4, 0.5) is 5.69 Å². The SMILES string of the molecule is CCOC(=O)Cc1cc(CBr)cc(OC)c1[N+](=O)[O-]. The largest absolute Gasteiger partial charge is 0.490 e. The van der Waals surface area contributed by atoms with Crippen LogP contribution in [0.5, 0.6) is 5.75 Å². The number of hydrogen-bond acceptors (Lipinski definition) is 5. The molecule has 0 aliphatic rings. The average Bonchev–Trinajstić information content (AvgIpc) is 2.37. The van der Waals surface area contributed by atoms with Crippen LogP contribution >= 0.6 is 15.9 Å². The number of nitro benzene ring substituents is 1. The van der Waals surface area contributed by atoms with E-state index in [9.17, 15) is 14.9 Å².